The van der Waals surface area contributed by atoms with E-state index in [4.69, 9.17) is 10.5 Å². The lowest BCUT2D eigenvalue weighted by atomic mass is 9.73. The van der Waals surface area contributed by atoms with E-state index in [1.165, 1.54) is 6.26 Å². The number of benzene rings is 2. The van der Waals surface area contributed by atoms with Gasteiger partial charge in [0.2, 0.25) is 21.8 Å². The van der Waals surface area contributed by atoms with Gasteiger partial charge in [0.1, 0.15) is 6.04 Å². The normalized spacial score (nSPS) is 19.2. The molecule has 1 saturated heterocycles. The molecule has 0 radical (unpaired) electrons. The number of fused-ring (bicyclic) bond motifs is 2. The smallest absolute Gasteiger partial charge is 0.247 e. The van der Waals surface area contributed by atoms with E-state index in [2.05, 4.69) is 16.1 Å². The molecule has 1 spiro atoms. The van der Waals surface area contributed by atoms with Gasteiger partial charge in [-0.25, -0.2) is 13.1 Å². The molecule has 1 aliphatic heterocycles. The number of hydrogen-bond acceptors (Lipinski definition) is 6. The summed E-state index contributed by atoms with van der Waals surface area (Å²) in [6, 6.07) is 16.4. The molecule has 9 nitrogen and oxygen atoms in total. The molecule has 39 heavy (non-hydrogen) atoms. The summed E-state index contributed by atoms with van der Waals surface area (Å²) in [7, 11) is -3.37. The highest BCUT2D eigenvalue weighted by Crippen LogP contribution is 2.50. The van der Waals surface area contributed by atoms with Gasteiger partial charge in [0.15, 0.2) is 0 Å². The quantitative estimate of drug-likeness (QED) is 0.419. The zero-order valence-electron chi connectivity index (χ0n) is 22.7. The largest absolute Gasteiger partial charge is 0.374 e. The standard InChI is InChI=1S/C28H38N4O5S.ClH/c1-27(2,29)26(34)30-24(19-37-18-20-9-5-4-6-10-20)25(33)32-15-13-28(14-16-32)17-23(31-38(3,35)36)21-11-7-8-12-22(21)28;/h4-12,23-24,31H,13-19,29H2,1-3H3,(H,30,34);1H/t23-,24?;/m1./s1. The van der Waals surface area contributed by atoms with Crippen LogP contribution < -0.4 is 15.8 Å². The third kappa shape index (κ3) is 7.58. The lowest BCUT2D eigenvalue weighted by Gasteiger charge is -2.41. The first-order valence-corrected chi connectivity index (χ1v) is 14.8. The van der Waals surface area contributed by atoms with Crippen molar-refractivity contribution >= 4 is 34.2 Å². The summed E-state index contributed by atoms with van der Waals surface area (Å²) in [5, 5.41) is 2.79. The van der Waals surface area contributed by atoms with Crippen LogP contribution in [0, 0.1) is 0 Å². The van der Waals surface area contributed by atoms with Crippen molar-refractivity contribution in [3.05, 3.63) is 71.3 Å². The first-order valence-electron chi connectivity index (χ1n) is 12.9. The van der Waals surface area contributed by atoms with Crippen molar-refractivity contribution in [2.24, 2.45) is 5.73 Å². The summed E-state index contributed by atoms with van der Waals surface area (Å²) in [6.45, 7) is 4.53. The Morgan fingerprint density at radius 2 is 1.72 bits per heavy atom. The summed E-state index contributed by atoms with van der Waals surface area (Å²) in [5.41, 5.74) is 7.75. The number of piperidine rings is 1. The minimum Gasteiger partial charge on any atom is -0.374 e. The number of rotatable bonds is 9. The zero-order chi connectivity index (χ0) is 27.6. The van der Waals surface area contributed by atoms with Crippen LogP contribution in [0.5, 0.6) is 0 Å². The topological polar surface area (TPSA) is 131 Å². The highest BCUT2D eigenvalue weighted by Gasteiger charge is 2.47. The van der Waals surface area contributed by atoms with Gasteiger partial charge in [0.05, 0.1) is 25.0 Å². The van der Waals surface area contributed by atoms with Crippen LogP contribution >= 0.6 is 12.4 Å². The summed E-state index contributed by atoms with van der Waals surface area (Å²) in [5.74, 6) is -0.630. The predicted octanol–water partition coefficient (Wildman–Crippen LogP) is 2.40. The molecule has 2 amide bonds. The first-order chi connectivity index (χ1) is 17.9. The van der Waals surface area contributed by atoms with Gasteiger partial charge in [-0.3, -0.25) is 9.59 Å². The Labute approximate surface area is 237 Å². The van der Waals surface area contributed by atoms with Crippen molar-refractivity contribution in [2.45, 2.75) is 62.8 Å². The molecule has 1 fully saturated rings. The van der Waals surface area contributed by atoms with Crippen LogP contribution in [-0.2, 0) is 36.4 Å². The van der Waals surface area contributed by atoms with Gasteiger partial charge in [-0.05, 0) is 49.8 Å². The van der Waals surface area contributed by atoms with Gasteiger partial charge in [-0.15, -0.1) is 12.4 Å². The molecule has 2 atom stereocenters. The molecule has 214 valence electrons. The van der Waals surface area contributed by atoms with Crippen molar-refractivity contribution in [3.63, 3.8) is 0 Å². The van der Waals surface area contributed by atoms with Crippen molar-refractivity contribution < 1.29 is 22.7 Å². The molecular weight excluding hydrogens is 540 g/mol. The van der Waals surface area contributed by atoms with Crippen LogP contribution in [0.3, 0.4) is 0 Å². The Bertz CT molecular complexity index is 1260. The van der Waals surface area contributed by atoms with Gasteiger partial charge >= 0.3 is 0 Å². The maximum absolute atomic E-state index is 13.6. The van der Waals surface area contributed by atoms with E-state index < -0.39 is 27.5 Å². The number of carbonyl (C=O) groups excluding carboxylic acids is 2. The average Bonchev–Trinajstić information content (AvgIpc) is 3.14. The molecule has 1 heterocycles. The molecule has 1 unspecified atom stereocenters. The molecule has 1 aliphatic carbocycles. The van der Waals surface area contributed by atoms with Crippen molar-refractivity contribution in [1.29, 1.82) is 0 Å². The molecule has 2 aromatic rings. The highest BCUT2D eigenvalue weighted by atomic mass is 35.5. The SMILES string of the molecule is CC(C)(N)C(=O)NC(COCc1ccccc1)C(=O)N1CCC2(CC1)C[C@@H](NS(C)(=O)=O)c1ccccc12.Cl. The second-order valence-corrected chi connectivity index (χ2v) is 12.9. The van der Waals surface area contributed by atoms with Crippen LogP contribution in [0.15, 0.2) is 54.6 Å². The molecule has 4 N–H and O–H groups in total. The number of nitrogens with one attached hydrogen (secondary N) is 2. The van der Waals surface area contributed by atoms with Crippen LogP contribution in [0.1, 0.15) is 55.8 Å². The Kier molecular flexibility index (Phi) is 9.82. The molecular formula is C28H39ClN4O5S. The summed E-state index contributed by atoms with van der Waals surface area (Å²) >= 11 is 0. The Morgan fingerprint density at radius 1 is 1.10 bits per heavy atom. The third-order valence-electron chi connectivity index (χ3n) is 7.48. The fourth-order valence-corrected chi connectivity index (χ4v) is 6.22. The molecule has 2 aliphatic rings. The van der Waals surface area contributed by atoms with Gasteiger partial charge in [0.25, 0.3) is 0 Å². The number of amides is 2. The van der Waals surface area contributed by atoms with Crippen LogP contribution in [0.25, 0.3) is 0 Å². The lowest BCUT2D eigenvalue weighted by molar-refractivity contribution is -0.140. The van der Waals surface area contributed by atoms with Crippen LogP contribution in [0.4, 0.5) is 0 Å². The van der Waals surface area contributed by atoms with Gasteiger partial charge in [0, 0.05) is 24.5 Å². The lowest BCUT2D eigenvalue weighted by Crippen LogP contribution is -2.59. The molecule has 11 heteroatoms. The number of sulfonamides is 1. The van der Waals surface area contributed by atoms with E-state index in [1.807, 2.05) is 48.5 Å². The second kappa shape index (κ2) is 12.3. The van der Waals surface area contributed by atoms with E-state index in [0.29, 0.717) is 39.0 Å². The zero-order valence-corrected chi connectivity index (χ0v) is 24.3. The number of likely N-dealkylation sites (tertiary alicyclic amines) is 1. The Balaban J connectivity index is 0.00000420. The van der Waals surface area contributed by atoms with Crippen molar-refractivity contribution in [3.8, 4) is 0 Å². The number of nitrogens with zero attached hydrogens (tertiary/aromatic N) is 1. The first kappa shape index (κ1) is 31.0. The maximum Gasteiger partial charge on any atom is 0.247 e. The summed E-state index contributed by atoms with van der Waals surface area (Å²) in [6.07, 6.45) is 3.24. The van der Waals surface area contributed by atoms with Crippen molar-refractivity contribution in [1.82, 2.24) is 14.9 Å². The highest BCUT2D eigenvalue weighted by molar-refractivity contribution is 7.88. The minimum atomic E-state index is -3.37. The fraction of sp³-hybridized carbons (Fsp3) is 0.500. The number of ether oxygens (including phenoxy) is 1. The van der Waals surface area contributed by atoms with Crippen LogP contribution in [0.2, 0.25) is 0 Å². The van der Waals surface area contributed by atoms with E-state index in [0.717, 1.165) is 16.7 Å². The number of nitrogens with two attached hydrogens (primary N) is 1. The maximum atomic E-state index is 13.6. The number of hydrogen-bond donors (Lipinski definition) is 3. The van der Waals surface area contributed by atoms with Crippen LogP contribution in [-0.4, -0.2) is 62.7 Å². The average molecular weight is 579 g/mol. The molecule has 0 bridgehead atoms. The second-order valence-electron chi connectivity index (χ2n) is 11.1. The van der Waals surface area contributed by atoms with Crippen molar-refractivity contribution in [2.75, 3.05) is 26.0 Å². The van der Waals surface area contributed by atoms with Gasteiger partial charge < -0.3 is 20.7 Å². The van der Waals surface area contributed by atoms with Gasteiger partial charge in [-0.1, -0.05) is 54.6 Å². The Morgan fingerprint density at radius 3 is 2.33 bits per heavy atom. The number of halogens is 1. The molecule has 0 aromatic heterocycles. The summed E-state index contributed by atoms with van der Waals surface area (Å²) in [4.78, 5) is 28.0. The monoisotopic (exact) mass is 578 g/mol. The minimum absolute atomic E-state index is 0. The molecule has 0 saturated carbocycles. The van der Waals surface area contributed by atoms with Gasteiger partial charge in [-0.2, -0.15) is 0 Å². The van der Waals surface area contributed by atoms with E-state index >= 15 is 0 Å². The summed E-state index contributed by atoms with van der Waals surface area (Å²) < 4.78 is 32.6. The van der Waals surface area contributed by atoms with E-state index in [1.54, 1.807) is 18.7 Å². The Hall–Kier alpha value is -2.50. The fourth-order valence-electron chi connectivity index (χ4n) is 5.49. The predicted molar refractivity (Wildman–Crippen MR) is 153 cm³/mol. The van der Waals surface area contributed by atoms with E-state index in [-0.39, 0.29) is 36.4 Å². The number of carbonyl (C=O) groups is 2. The third-order valence-corrected chi connectivity index (χ3v) is 8.19. The van der Waals surface area contributed by atoms with E-state index in [9.17, 15) is 18.0 Å². The molecule has 2 aromatic carbocycles. The molecule has 4 rings (SSSR count).